The van der Waals surface area contributed by atoms with Crippen LogP contribution in [0, 0.1) is 0 Å². The topological polar surface area (TPSA) is 58.6 Å². The zero-order chi connectivity index (χ0) is 21.4. The van der Waals surface area contributed by atoms with Crippen molar-refractivity contribution in [3.8, 4) is 5.75 Å². The fraction of sp³-hybridized carbons (Fsp3) is 0.364. The number of carbonyl (C=O) groups is 2. The molecule has 0 aliphatic heterocycles. The summed E-state index contributed by atoms with van der Waals surface area (Å²) in [4.78, 5) is 27.2. The molecule has 0 saturated heterocycles. The van der Waals surface area contributed by atoms with Crippen molar-refractivity contribution in [2.75, 3.05) is 6.61 Å². The van der Waals surface area contributed by atoms with Crippen LogP contribution in [-0.4, -0.2) is 35.4 Å². The Balaban J connectivity index is 2.17. The number of para-hydroxylation sites is 1. The van der Waals surface area contributed by atoms with Crippen LogP contribution in [-0.2, 0) is 16.1 Å². The number of nitrogens with zero attached hydrogens (tertiary/aromatic N) is 1. The zero-order valence-electron chi connectivity index (χ0n) is 16.8. The first-order chi connectivity index (χ1) is 13.8. The zero-order valence-corrected chi connectivity index (χ0v) is 19.2. The lowest BCUT2D eigenvalue weighted by Crippen LogP contribution is -2.50. The van der Waals surface area contributed by atoms with Gasteiger partial charge in [-0.15, -0.1) is 0 Å². The van der Waals surface area contributed by atoms with E-state index in [2.05, 4.69) is 21.2 Å². The molecule has 29 heavy (non-hydrogen) atoms. The van der Waals surface area contributed by atoms with Gasteiger partial charge in [-0.2, -0.15) is 0 Å². The molecule has 0 aliphatic rings. The summed E-state index contributed by atoms with van der Waals surface area (Å²) in [6.45, 7) is 5.74. The molecule has 0 radical (unpaired) electrons. The monoisotopic (exact) mass is 480 g/mol. The van der Waals surface area contributed by atoms with Crippen molar-refractivity contribution >= 4 is 39.3 Å². The Hall–Kier alpha value is -2.05. The van der Waals surface area contributed by atoms with Crippen LogP contribution < -0.4 is 10.1 Å². The van der Waals surface area contributed by atoms with Gasteiger partial charge in [-0.1, -0.05) is 58.7 Å². The van der Waals surface area contributed by atoms with Gasteiger partial charge < -0.3 is 15.0 Å². The van der Waals surface area contributed by atoms with Crippen molar-refractivity contribution in [2.24, 2.45) is 0 Å². The quantitative estimate of drug-likeness (QED) is 0.559. The van der Waals surface area contributed by atoms with Crippen molar-refractivity contribution in [3.05, 3.63) is 63.6 Å². The minimum atomic E-state index is -0.648. The molecule has 0 aliphatic carbocycles. The number of ether oxygens (including phenoxy) is 1. The Morgan fingerprint density at radius 2 is 1.90 bits per heavy atom. The van der Waals surface area contributed by atoms with Gasteiger partial charge in [0.15, 0.2) is 6.61 Å². The highest BCUT2D eigenvalue weighted by Crippen LogP contribution is 2.23. The molecule has 0 fully saturated rings. The predicted molar refractivity (Wildman–Crippen MR) is 119 cm³/mol. The van der Waals surface area contributed by atoms with Crippen LogP contribution in [0.15, 0.2) is 53.0 Å². The summed E-state index contributed by atoms with van der Waals surface area (Å²) in [7, 11) is 0. The number of rotatable bonds is 9. The second-order valence-electron chi connectivity index (χ2n) is 6.86. The summed E-state index contributed by atoms with van der Waals surface area (Å²) < 4.78 is 6.52. The Kier molecular flexibility index (Phi) is 8.99. The van der Waals surface area contributed by atoms with Gasteiger partial charge in [0.25, 0.3) is 5.91 Å². The minimum absolute atomic E-state index is 0.0344. The lowest BCUT2D eigenvalue weighted by molar-refractivity contribution is -0.142. The van der Waals surface area contributed by atoms with Gasteiger partial charge in [-0.3, -0.25) is 9.59 Å². The predicted octanol–water partition coefficient (Wildman–Crippen LogP) is 4.81. The summed E-state index contributed by atoms with van der Waals surface area (Å²) in [5.41, 5.74) is 0.911. The minimum Gasteiger partial charge on any atom is -0.482 e. The van der Waals surface area contributed by atoms with Crippen LogP contribution >= 0.6 is 27.5 Å². The van der Waals surface area contributed by atoms with E-state index in [1.165, 1.54) is 4.90 Å². The second kappa shape index (κ2) is 11.2. The Morgan fingerprint density at radius 1 is 1.17 bits per heavy atom. The van der Waals surface area contributed by atoms with Gasteiger partial charge in [0.1, 0.15) is 11.8 Å². The summed E-state index contributed by atoms with van der Waals surface area (Å²) >= 11 is 9.55. The first kappa shape index (κ1) is 23.2. The smallest absolute Gasteiger partial charge is 0.261 e. The standard InChI is InChI=1S/C22H26BrClN2O3/c1-4-15(2)25-22(28)16(3)26(13-17-8-7-9-18(23)12-17)21(27)14-29-20-11-6-5-10-19(20)24/h5-12,15-16H,4,13-14H2,1-3H3,(H,25,28)/t15-,16-/m0/s1. The van der Waals surface area contributed by atoms with E-state index in [0.29, 0.717) is 17.3 Å². The summed E-state index contributed by atoms with van der Waals surface area (Å²) in [5, 5.41) is 3.37. The highest BCUT2D eigenvalue weighted by atomic mass is 79.9. The molecule has 0 unspecified atom stereocenters. The van der Waals surface area contributed by atoms with Gasteiger partial charge >= 0.3 is 0 Å². The first-order valence-corrected chi connectivity index (χ1v) is 10.7. The van der Waals surface area contributed by atoms with Crippen molar-refractivity contribution in [1.82, 2.24) is 10.2 Å². The summed E-state index contributed by atoms with van der Waals surface area (Å²) in [5.74, 6) is -0.0567. The molecular formula is C22H26BrClN2O3. The molecule has 0 heterocycles. The van der Waals surface area contributed by atoms with Crippen molar-refractivity contribution in [3.63, 3.8) is 0 Å². The number of hydrogen-bond acceptors (Lipinski definition) is 3. The van der Waals surface area contributed by atoms with Gasteiger partial charge in [0.2, 0.25) is 5.91 Å². The van der Waals surface area contributed by atoms with Crippen molar-refractivity contribution in [1.29, 1.82) is 0 Å². The fourth-order valence-corrected chi connectivity index (χ4v) is 3.30. The van der Waals surface area contributed by atoms with Crippen LogP contribution in [0.1, 0.15) is 32.8 Å². The molecule has 2 aromatic carbocycles. The van der Waals surface area contributed by atoms with Crippen LogP contribution in [0.2, 0.25) is 5.02 Å². The molecule has 2 aromatic rings. The summed E-state index contributed by atoms with van der Waals surface area (Å²) in [6.07, 6.45) is 0.813. The Labute approximate surface area is 185 Å². The highest BCUT2D eigenvalue weighted by molar-refractivity contribution is 9.10. The first-order valence-electron chi connectivity index (χ1n) is 9.53. The van der Waals surface area contributed by atoms with E-state index in [-0.39, 0.29) is 24.5 Å². The van der Waals surface area contributed by atoms with E-state index in [1.807, 2.05) is 38.1 Å². The van der Waals surface area contributed by atoms with E-state index in [4.69, 9.17) is 16.3 Å². The highest BCUT2D eigenvalue weighted by Gasteiger charge is 2.27. The molecule has 2 amide bonds. The Morgan fingerprint density at radius 3 is 2.55 bits per heavy atom. The van der Waals surface area contributed by atoms with Crippen molar-refractivity contribution in [2.45, 2.75) is 45.8 Å². The molecule has 2 atom stereocenters. The number of benzene rings is 2. The van der Waals surface area contributed by atoms with Gasteiger partial charge in [0.05, 0.1) is 5.02 Å². The van der Waals surface area contributed by atoms with Crippen LogP contribution in [0.25, 0.3) is 0 Å². The molecule has 7 heteroatoms. The lowest BCUT2D eigenvalue weighted by atomic mass is 10.1. The SMILES string of the molecule is CC[C@H](C)NC(=O)[C@H](C)N(Cc1cccc(Br)c1)C(=O)COc1ccccc1Cl. The molecule has 0 aromatic heterocycles. The molecule has 0 saturated carbocycles. The molecule has 5 nitrogen and oxygen atoms in total. The fourth-order valence-electron chi connectivity index (χ4n) is 2.66. The number of carbonyl (C=O) groups excluding carboxylic acids is 2. The molecular weight excluding hydrogens is 456 g/mol. The van der Waals surface area contributed by atoms with E-state index < -0.39 is 6.04 Å². The maximum absolute atomic E-state index is 13.0. The lowest BCUT2D eigenvalue weighted by Gasteiger charge is -2.29. The largest absolute Gasteiger partial charge is 0.482 e. The number of halogens is 2. The maximum Gasteiger partial charge on any atom is 0.261 e. The van der Waals surface area contributed by atoms with Gasteiger partial charge in [-0.05, 0) is 50.1 Å². The van der Waals surface area contributed by atoms with Gasteiger partial charge in [0, 0.05) is 17.1 Å². The van der Waals surface area contributed by atoms with Gasteiger partial charge in [-0.25, -0.2) is 0 Å². The number of hydrogen-bond donors (Lipinski definition) is 1. The average Bonchev–Trinajstić information content (AvgIpc) is 2.70. The number of amides is 2. The molecule has 1 N–H and O–H groups in total. The maximum atomic E-state index is 13.0. The van der Waals surface area contributed by atoms with Crippen LogP contribution in [0.3, 0.4) is 0 Å². The third-order valence-corrected chi connectivity index (χ3v) is 5.40. The number of nitrogens with one attached hydrogen (secondary N) is 1. The van der Waals surface area contributed by atoms with Crippen molar-refractivity contribution < 1.29 is 14.3 Å². The summed E-state index contributed by atoms with van der Waals surface area (Å²) in [6, 6.07) is 14.0. The molecule has 0 spiro atoms. The van der Waals surface area contributed by atoms with Crippen LogP contribution in [0.4, 0.5) is 0 Å². The molecule has 156 valence electrons. The molecule has 0 bridgehead atoms. The Bertz CT molecular complexity index is 846. The van der Waals surface area contributed by atoms with E-state index in [9.17, 15) is 9.59 Å². The normalized spacial score (nSPS) is 12.7. The average molecular weight is 482 g/mol. The van der Waals surface area contributed by atoms with Crippen LogP contribution in [0.5, 0.6) is 5.75 Å². The van der Waals surface area contributed by atoms with E-state index in [0.717, 1.165) is 16.5 Å². The second-order valence-corrected chi connectivity index (χ2v) is 8.19. The third kappa shape index (κ3) is 7.05. The van der Waals surface area contributed by atoms with E-state index in [1.54, 1.807) is 31.2 Å². The van der Waals surface area contributed by atoms with E-state index >= 15 is 0 Å². The molecule has 2 rings (SSSR count). The third-order valence-electron chi connectivity index (χ3n) is 4.60.